The van der Waals surface area contributed by atoms with Crippen LogP contribution < -0.4 is 4.74 Å². The fourth-order valence-electron chi connectivity index (χ4n) is 1.96. The number of ether oxygens (including phenoxy) is 1. The van der Waals surface area contributed by atoms with Gasteiger partial charge in [0.1, 0.15) is 11.5 Å². The molecule has 0 aliphatic rings. The predicted molar refractivity (Wildman–Crippen MR) is 81.3 cm³/mol. The molecule has 0 radical (unpaired) electrons. The molecule has 1 aromatic heterocycles. The van der Waals surface area contributed by atoms with E-state index in [9.17, 15) is 4.79 Å². The third kappa shape index (κ3) is 2.42. The lowest BCUT2D eigenvalue weighted by Gasteiger charge is -2.09. The summed E-state index contributed by atoms with van der Waals surface area (Å²) in [5.74, 6) is 1.40. The monoisotopic (exact) mass is 327 g/mol. The van der Waals surface area contributed by atoms with Crippen LogP contribution in [0.4, 0.5) is 0 Å². The van der Waals surface area contributed by atoms with Crippen LogP contribution in [-0.4, -0.2) is 11.3 Å². The van der Waals surface area contributed by atoms with E-state index in [-0.39, 0.29) is 0 Å². The molecular weight excluding hydrogens is 318 g/mol. The first-order valence-electron chi connectivity index (χ1n) is 6.04. The Hall–Kier alpha value is -2.20. The molecule has 0 amide bonds. The van der Waals surface area contributed by atoms with Gasteiger partial charge in [-0.25, -0.2) is 0 Å². The minimum atomic E-state index is 0.594. The van der Waals surface area contributed by atoms with E-state index in [1.807, 2.05) is 30.3 Å². The third-order valence-electron chi connectivity index (χ3n) is 2.93. The maximum absolute atomic E-state index is 10.8. The van der Waals surface area contributed by atoms with E-state index >= 15 is 0 Å². The number of carbonyl (C=O) groups excluding carboxylic acids is 1. The molecule has 2 aromatic carbocycles. The molecule has 3 nitrogen and oxygen atoms in total. The summed E-state index contributed by atoms with van der Waals surface area (Å²) in [6, 6.07) is 14.8. The molecule has 0 aliphatic heterocycles. The number of rotatable bonds is 3. The van der Waals surface area contributed by atoms with Crippen molar-refractivity contribution in [2.45, 2.75) is 0 Å². The predicted octanol–water partition coefficient (Wildman–Crippen LogP) is 4.60. The summed E-state index contributed by atoms with van der Waals surface area (Å²) in [5, 5.41) is 0.950. The highest BCUT2D eigenvalue weighted by Crippen LogP contribution is 2.30. The zero-order valence-corrected chi connectivity index (χ0v) is 12.0. The molecule has 3 rings (SSSR count). The van der Waals surface area contributed by atoms with Gasteiger partial charge in [-0.2, -0.15) is 0 Å². The first-order valence-corrected chi connectivity index (χ1v) is 6.83. The quantitative estimate of drug-likeness (QED) is 0.660. The van der Waals surface area contributed by atoms with Crippen LogP contribution in [0.1, 0.15) is 10.4 Å². The van der Waals surface area contributed by atoms with E-state index in [2.05, 4.69) is 20.9 Å². The van der Waals surface area contributed by atoms with Crippen LogP contribution in [-0.2, 0) is 0 Å². The molecule has 20 heavy (non-hydrogen) atoms. The second-order valence-corrected chi connectivity index (χ2v) is 5.08. The van der Waals surface area contributed by atoms with Crippen LogP contribution >= 0.6 is 15.9 Å². The summed E-state index contributed by atoms with van der Waals surface area (Å²) >= 11 is 3.35. The average Bonchev–Trinajstić information content (AvgIpc) is 2.48. The summed E-state index contributed by atoms with van der Waals surface area (Å²) in [6.45, 7) is 0. The summed E-state index contributed by atoms with van der Waals surface area (Å²) in [7, 11) is 0. The first kappa shape index (κ1) is 12.8. The number of aromatic nitrogens is 1. The van der Waals surface area contributed by atoms with Crippen molar-refractivity contribution < 1.29 is 9.53 Å². The van der Waals surface area contributed by atoms with Crippen LogP contribution in [0.25, 0.3) is 10.9 Å². The van der Waals surface area contributed by atoms with Crippen molar-refractivity contribution in [3.8, 4) is 11.5 Å². The van der Waals surface area contributed by atoms with E-state index in [4.69, 9.17) is 4.74 Å². The van der Waals surface area contributed by atoms with Gasteiger partial charge in [0.2, 0.25) is 0 Å². The first-order chi connectivity index (χ1) is 9.78. The summed E-state index contributed by atoms with van der Waals surface area (Å²) in [6.07, 6.45) is 2.55. The van der Waals surface area contributed by atoms with Gasteiger partial charge < -0.3 is 4.74 Å². The Morgan fingerprint density at radius 2 is 2.00 bits per heavy atom. The number of carbonyl (C=O) groups is 1. The molecule has 0 fully saturated rings. The van der Waals surface area contributed by atoms with Gasteiger partial charge in [-0.1, -0.05) is 6.07 Å². The number of halogens is 1. The Labute approximate surface area is 124 Å². The van der Waals surface area contributed by atoms with Gasteiger partial charge >= 0.3 is 0 Å². The molecule has 0 saturated heterocycles. The van der Waals surface area contributed by atoms with Gasteiger partial charge in [0.25, 0.3) is 0 Å². The Balaban J connectivity index is 2.01. The van der Waals surface area contributed by atoms with Crippen LogP contribution in [0.2, 0.25) is 0 Å². The fraction of sp³-hybridized carbons (Fsp3) is 0. The summed E-state index contributed by atoms with van der Waals surface area (Å²) in [5.41, 5.74) is 1.48. The van der Waals surface area contributed by atoms with E-state index in [0.717, 1.165) is 22.9 Å². The van der Waals surface area contributed by atoms with Crippen molar-refractivity contribution in [2.24, 2.45) is 0 Å². The van der Waals surface area contributed by atoms with Gasteiger partial charge in [0, 0.05) is 21.6 Å². The second kappa shape index (κ2) is 5.43. The number of benzene rings is 2. The molecule has 0 spiro atoms. The van der Waals surface area contributed by atoms with E-state index < -0.39 is 0 Å². The molecule has 0 atom stereocenters. The third-order valence-corrected chi connectivity index (χ3v) is 3.62. The smallest absolute Gasteiger partial charge is 0.151 e. The van der Waals surface area contributed by atoms with Crippen LogP contribution in [0.3, 0.4) is 0 Å². The van der Waals surface area contributed by atoms with Crippen molar-refractivity contribution in [3.05, 3.63) is 64.8 Å². The van der Waals surface area contributed by atoms with Gasteiger partial charge in [0.05, 0.1) is 5.52 Å². The van der Waals surface area contributed by atoms with Crippen molar-refractivity contribution in [2.75, 3.05) is 0 Å². The Morgan fingerprint density at radius 1 is 1.10 bits per heavy atom. The molecule has 0 bridgehead atoms. The lowest BCUT2D eigenvalue weighted by molar-refractivity contribution is 0.112. The Kier molecular flexibility index (Phi) is 3.48. The zero-order valence-electron chi connectivity index (χ0n) is 10.4. The number of nitrogens with zero attached hydrogens (tertiary/aromatic N) is 1. The Morgan fingerprint density at radius 3 is 2.80 bits per heavy atom. The molecule has 4 heteroatoms. The molecule has 98 valence electrons. The Bertz CT molecular complexity index is 781. The zero-order chi connectivity index (χ0) is 13.9. The number of aldehydes is 1. The largest absolute Gasteiger partial charge is 0.457 e. The molecule has 0 aliphatic carbocycles. The standard InChI is InChI=1S/C16H10BrNO2/c17-14-9-12(7-6-11(14)10-19)20-16-5-1-4-15-13(16)3-2-8-18-15/h1-10H. The fourth-order valence-corrected chi connectivity index (χ4v) is 2.41. The summed E-state index contributed by atoms with van der Waals surface area (Å²) in [4.78, 5) is 15.1. The lowest BCUT2D eigenvalue weighted by Crippen LogP contribution is -1.89. The molecule has 0 saturated carbocycles. The maximum atomic E-state index is 10.8. The highest BCUT2D eigenvalue weighted by atomic mass is 79.9. The van der Waals surface area contributed by atoms with E-state index in [1.54, 1.807) is 24.4 Å². The van der Waals surface area contributed by atoms with Gasteiger partial charge in [-0.15, -0.1) is 0 Å². The number of hydrogen-bond acceptors (Lipinski definition) is 3. The molecule has 0 N–H and O–H groups in total. The van der Waals surface area contributed by atoms with Crippen molar-refractivity contribution in [3.63, 3.8) is 0 Å². The van der Waals surface area contributed by atoms with Crippen molar-refractivity contribution >= 4 is 33.1 Å². The summed E-state index contributed by atoms with van der Waals surface area (Å²) < 4.78 is 6.60. The maximum Gasteiger partial charge on any atom is 0.151 e. The van der Waals surface area contributed by atoms with E-state index in [1.165, 1.54) is 0 Å². The highest BCUT2D eigenvalue weighted by molar-refractivity contribution is 9.10. The van der Waals surface area contributed by atoms with Crippen molar-refractivity contribution in [1.82, 2.24) is 4.98 Å². The van der Waals surface area contributed by atoms with Gasteiger partial charge in [-0.3, -0.25) is 9.78 Å². The normalized spacial score (nSPS) is 10.4. The minimum Gasteiger partial charge on any atom is -0.457 e. The average molecular weight is 328 g/mol. The van der Waals surface area contributed by atoms with Crippen LogP contribution in [0.15, 0.2) is 59.2 Å². The van der Waals surface area contributed by atoms with Crippen molar-refractivity contribution in [1.29, 1.82) is 0 Å². The number of hydrogen-bond donors (Lipinski definition) is 0. The molecule has 0 unspecified atom stereocenters. The van der Waals surface area contributed by atoms with Gasteiger partial charge in [0.15, 0.2) is 6.29 Å². The SMILES string of the molecule is O=Cc1ccc(Oc2cccc3ncccc23)cc1Br. The molecule has 1 heterocycles. The molecule has 3 aromatic rings. The topological polar surface area (TPSA) is 39.2 Å². The van der Waals surface area contributed by atoms with Crippen LogP contribution in [0.5, 0.6) is 11.5 Å². The number of pyridine rings is 1. The number of fused-ring (bicyclic) bond motifs is 1. The molecular formula is C16H10BrNO2. The minimum absolute atomic E-state index is 0.594. The highest BCUT2D eigenvalue weighted by Gasteiger charge is 2.06. The van der Waals surface area contributed by atoms with E-state index in [0.29, 0.717) is 15.8 Å². The second-order valence-electron chi connectivity index (χ2n) is 4.23. The van der Waals surface area contributed by atoms with Gasteiger partial charge in [-0.05, 0) is 58.4 Å². The van der Waals surface area contributed by atoms with Crippen LogP contribution in [0, 0.1) is 0 Å². The lowest BCUT2D eigenvalue weighted by atomic mass is 10.2.